The number of hydrogen-bond donors (Lipinski definition) is 2. The largest absolute Gasteiger partial charge is 0.331 e. The Morgan fingerprint density at radius 3 is 2.73 bits per heavy atom. The number of aromatic amines is 1. The Balaban J connectivity index is 1.50. The van der Waals surface area contributed by atoms with Crippen LogP contribution < -0.4 is 5.32 Å². The molecule has 0 atom stereocenters. The summed E-state index contributed by atoms with van der Waals surface area (Å²) in [5.41, 5.74) is 5.03. The third-order valence-corrected chi connectivity index (χ3v) is 6.18. The molecule has 0 saturated heterocycles. The molecule has 6 rings (SSSR count). The highest BCUT2D eigenvalue weighted by Gasteiger charge is 2.26. The fourth-order valence-corrected chi connectivity index (χ4v) is 4.15. The molecule has 2 N–H and O–H groups in total. The van der Waals surface area contributed by atoms with E-state index in [1.807, 2.05) is 45.5 Å². The second kappa shape index (κ2) is 7.29. The number of nitrogens with one attached hydrogen (secondary N) is 2. The van der Waals surface area contributed by atoms with Gasteiger partial charge < -0.3 is 9.88 Å². The molecule has 10 heteroatoms. The number of fused-ring (bicyclic) bond motifs is 1. The van der Waals surface area contributed by atoms with Crippen LogP contribution in [0.1, 0.15) is 49.9 Å². The van der Waals surface area contributed by atoms with Crippen LogP contribution in [0.2, 0.25) is 0 Å². The second-order valence-electron chi connectivity index (χ2n) is 8.99. The van der Waals surface area contributed by atoms with Crippen LogP contribution in [0.3, 0.4) is 0 Å². The van der Waals surface area contributed by atoms with Gasteiger partial charge in [-0.25, -0.2) is 14.5 Å². The summed E-state index contributed by atoms with van der Waals surface area (Å²) in [6, 6.07) is 4.40. The first-order valence-electron chi connectivity index (χ1n) is 11.2. The lowest BCUT2D eigenvalue weighted by Gasteiger charge is -2.09. The summed E-state index contributed by atoms with van der Waals surface area (Å²) in [5, 5.41) is 20.6. The third kappa shape index (κ3) is 3.38. The maximum Gasteiger partial charge on any atom is 0.218 e. The predicted octanol–water partition coefficient (Wildman–Crippen LogP) is 4.23. The summed E-state index contributed by atoms with van der Waals surface area (Å²) in [4.78, 5) is 9.31. The van der Waals surface area contributed by atoms with Crippen molar-refractivity contribution in [2.75, 3.05) is 5.32 Å². The molecule has 0 bridgehead atoms. The molecule has 5 aromatic heterocycles. The smallest absolute Gasteiger partial charge is 0.218 e. The topological polar surface area (TPSA) is 107 Å². The van der Waals surface area contributed by atoms with E-state index < -0.39 is 0 Å². The highest BCUT2D eigenvalue weighted by atomic mass is 15.3. The van der Waals surface area contributed by atoms with Gasteiger partial charge in [-0.3, -0.25) is 9.78 Å². The minimum Gasteiger partial charge on any atom is -0.331 e. The van der Waals surface area contributed by atoms with Gasteiger partial charge in [0, 0.05) is 61.1 Å². The van der Waals surface area contributed by atoms with Gasteiger partial charge in [-0.1, -0.05) is 0 Å². The SMILES string of the molecule is Cc1c(-c2ccn(C(C)C)n2)cn2nc(-c3nccn3C)nc(Nc3cc(C4CC4)[nH]n3)c12. The van der Waals surface area contributed by atoms with Crippen molar-refractivity contribution >= 4 is 17.2 Å². The summed E-state index contributed by atoms with van der Waals surface area (Å²) in [6.45, 7) is 6.31. The summed E-state index contributed by atoms with van der Waals surface area (Å²) >= 11 is 0. The second-order valence-corrected chi connectivity index (χ2v) is 8.99. The first kappa shape index (κ1) is 19.7. The quantitative estimate of drug-likeness (QED) is 0.408. The van der Waals surface area contributed by atoms with Gasteiger partial charge in [0.15, 0.2) is 17.5 Å². The van der Waals surface area contributed by atoms with E-state index >= 15 is 0 Å². The molecule has 0 radical (unpaired) electrons. The van der Waals surface area contributed by atoms with Gasteiger partial charge in [0.1, 0.15) is 5.52 Å². The van der Waals surface area contributed by atoms with Crippen LogP contribution in [0.15, 0.2) is 36.9 Å². The van der Waals surface area contributed by atoms with Gasteiger partial charge in [-0.05, 0) is 45.2 Å². The lowest BCUT2D eigenvalue weighted by molar-refractivity contribution is 0.534. The standard InChI is InChI=1S/C23H26N10/c1-13(2)32-9-7-17(29-32)16-12-33-20(14(16)3)21(25-19-11-18(27-28-19)15-5-6-15)26-22(30-33)23-24-8-10-31(23)4/h7-13,15H,5-6H2,1-4H3,(H2,25,26,27,28,30). The van der Waals surface area contributed by atoms with Gasteiger partial charge >= 0.3 is 0 Å². The van der Waals surface area contributed by atoms with Gasteiger partial charge in [-0.15, -0.1) is 5.10 Å². The van der Waals surface area contributed by atoms with Crippen molar-refractivity contribution in [1.29, 1.82) is 0 Å². The molecule has 1 saturated carbocycles. The Kier molecular flexibility index (Phi) is 4.36. The van der Waals surface area contributed by atoms with Crippen LogP contribution in [0.25, 0.3) is 28.4 Å². The molecule has 0 unspecified atom stereocenters. The van der Waals surface area contributed by atoms with Crippen molar-refractivity contribution < 1.29 is 0 Å². The molecule has 0 spiro atoms. The molecule has 0 aromatic carbocycles. The highest BCUT2D eigenvalue weighted by molar-refractivity contribution is 5.84. The number of anilines is 2. The lowest BCUT2D eigenvalue weighted by Crippen LogP contribution is -2.06. The van der Waals surface area contributed by atoms with E-state index in [-0.39, 0.29) is 0 Å². The fourth-order valence-electron chi connectivity index (χ4n) is 4.15. The Morgan fingerprint density at radius 1 is 1.18 bits per heavy atom. The minimum atomic E-state index is 0.295. The zero-order chi connectivity index (χ0) is 22.7. The van der Waals surface area contributed by atoms with E-state index in [0.29, 0.717) is 29.4 Å². The van der Waals surface area contributed by atoms with E-state index in [0.717, 1.165) is 28.2 Å². The molecule has 0 amide bonds. The molecule has 168 valence electrons. The van der Waals surface area contributed by atoms with Crippen molar-refractivity contribution in [3.8, 4) is 22.9 Å². The van der Waals surface area contributed by atoms with Crippen molar-refractivity contribution in [1.82, 2.24) is 44.1 Å². The van der Waals surface area contributed by atoms with Gasteiger partial charge in [-0.2, -0.15) is 10.2 Å². The number of hydrogen-bond acceptors (Lipinski definition) is 6. The maximum atomic E-state index is 4.86. The average Bonchev–Trinajstić information content (AvgIpc) is 3.16. The van der Waals surface area contributed by atoms with E-state index in [4.69, 9.17) is 15.2 Å². The van der Waals surface area contributed by atoms with Crippen molar-refractivity contribution in [3.05, 3.63) is 48.2 Å². The molecule has 5 heterocycles. The number of nitrogens with zero attached hydrogens (tertiary/aromatic N) is 8. The van der Waals surface area contributed by atoms with Crippen LogP contribution in [0.4, 0.5) is 11.6 Å². The molecule has 1 aliphatic rings. The summed E-state index contributed by atoms with van der Waals surface area (Å²) in [5.74, 6) is 3.25. The van der Waals surface area contributed by atoms with Gasteiger partial charge in [0.25, 0.3) is 0 Å². The number of rotatable bonds is 6. The van der Waals surface area contributed by atoms with Crippen molar-refractivity contribution in [2.24, 2.45) is 7.05 Å². The fraction of sp³-hybridized carbons (Fsp3) is 0.348. The first-order valence-corrected chi connectivity index (χ1v) is 11.2. The number of aromatic nitrogens is 9. The zero-order valence-electron chi connectivity index (χ0n) is 19.1. The molecule has 5 aromatic rings. The zero-order valence-corrected chi connectivity index (χ0v) is 19.1. The molecule has 0 aliphatic heterocycles. The lowest BCUT2D eigenvalue weighted by atomic mass is 10.1. The Labute approximate surface area is 190 Å². The number of imidazole rings is 1. The maximum absolute atomic E-state index is 4.86. The number of aryl methyl sites for hydroxylation is 2. The van der Waals surface area contributed by atoms with E-state index in [9.17, 15) is 0 Å². The Bertz CT molecular complexity index is 1460. The minimum absolute atomic E-state index is 0.295. The molecule has 1 aliphatic carbocycles. The van der Waals surface area contributed by atoms with Crippen molar-refractivity contribution in [2.45, 2.75) is 45.6 Å². The molecule has 10 nitrogen and oxygen atoms in total. The van der Waals surface area contributed by atoms with Crippen LogP contribution >= 0.6 is 0 Å². The molecule has 33 heavy (non-hydrogen) atoms. The van der Waals surface area contributed by atoms with Crippen molar-refractivity contribution in [3.63, 3.8) is 0 Å². The van der Waals surface area contributed by atoms with E-state index in [2.05, 4.69) is 47.3 Å². The van der Waals surface area contributed by atoms with Gasteiger partial charge in [0.2, 0.25) is 5.82 Å². The van der Waals surface area contributed by atoms with E-state index in [1.54, 1.807) is 6.20 Å². The van der Waals surface area contributed by atoms with E-state index in [1.165, 1.54) is 18.5 Å². The number of H-pyrrole nitrogens is 1. The Hall–Kier alpha value is -3.95. The van der Waals surface area contributed by atoms with Crippen LogP contribution in [0, 0.1) is 6.92 Å². The predicted molar refractivity (Wildman–Crippen MR) is 125 cm³/mol. The summed E-state index contributed by atoms with van der Waals surface area (Å²) in [6.07, 6.45) is 10.1. The summed E-state index contributed by atoms with van der Waals surface area (Å²) in [7, 11) is 1.93. The van der Waals surface area contributed by atoms with Crippen LogP contribution in [0.5, 0.6) is 0 Å². The highest BCUT2D eigenvalue weighted by Crippen LogP contribution is 2.40. The molecular weight excluding hydrogens is 416 g/mol. The average molecular weight is 443 g/mol. The van der Waals surface area contributed by atoms with Gasteiger partial charge in [0.05, 0.1) is 5.69 Å². The summed E-state index contributed by atoms with van der Waals surface area (Å²) < 4.78 is 5.74. The first-order chi connectivity index (χ1) is 16.0. The molecular formula is C23H26N10. The van der Waals surface area contributed by atoms with Crippen LogP contribution in [-0.2, 0) is 7.05 Å². The normalized spacial score (nSPS) is 14.0. The molecule has 1 fully saturated rings. The monoisotopic (exact) mass is 442 g/mol. The third-order valence-electron chi connectivity index (χ3n) is 6.18. The van der Waals surface area contributed by atoms with Crippen LogP contribution in [-0.4, -0.2) is 44.1 Å². The Morgan fingerprint density at radius 2 is 2.03 bits per heavy atom.